The van der Waals surface area contributed by atoms with E-state index in [-0.39, 0.29) is 31.3 Å². The average molecular weight is 1090 g/mol. The van der Waals surface area contributed by atoms with Gasteiger partial charge in [-0.3, -0.25) is 15.4 Å². The molecule has 4 heterocycles. The first-order chi connectivity index (χ1) is 36.4. The highest BCUT2D eigenvalue weighted by molar-refractivity contribution is 9.10. The number of pyridine rings is 2. The van der Waals surface area contributed by atoms with Gasteiger partial charge in [0.15, 0.2) is 0 Å². The molecule has 0 bridgehead atoms. The lowest BCUT2D eigenvalue weighted by molar-refractivity contribution is 0.00578. The maximum Gasteiger partial charge on any atom is 0.494 e. The van der Waals surface area contributed by atoms with Gasteiger partial charge in [-0.15, -0.1) is 5.10 Å². The third kappa shape index (κ3) is 13.1. The van der Waals surface area contributed by atoms with Gasteiger partial charge in [0.05, 0.1) is 44.7 Å². The lowest BCUT2D eigenvalue weighted by Gasteiger charge is -2.32. The van der Waals surface area contributed by atoms with Crippen molar-refractivity contribution in [2.45, 2.75) is 72.3 Å². The molecule has 77 heavy (non-hydrogen) atoms. The Labute approximate surface area is 455 Å². The number of benzene rings is 6. The largest absolute Gasteiger partial charge is 0.494 e. The van der Waals surface area contributed by atoms with Crippen LogP contribution in [0.15, 0.2) is 172 Å². The molecule has 6 aromatic carbocycles. The van der Waals surface area contributed by atoms with Gasteiger partial charge in [-0.2, -0.15) is 10.5 Å². The van der Waals surface area contributed by atoms with Crippen LogP contribution in [0.4, 0.5) is 16.2 Å². The molecule has 1 amide bonds. The second-order valence-corrected chi connectivity index (χ2v) is 19.6. The molecule has 3 aromatic heterocycles. The summed E-state index contributed by atoms with van der Waals surface area (Å²) in [5.74, 6) is -0.622. The van der Waals surface area contributed by atoms with Gasteiger partial charge in [-0.05, 0) is 118 Å². The first-order valence-electron chi connectivity index (χ1n) is 24.1. The maximum atomic E-state index is 11.3. The number of hydrogen-bond donors (Lipinski definition) is 5. The predicted molar refractivity (Wildman–Crippen MR) is 306 cm³/mol. The van der Waals surface area contributed by atoms with E-state index in [2.05, 4.69) is 102 Å². The Morgan fingerprint density at radius 2 is 1.23 bits per heavy atom. The number of nitrogens with two attached hydrogens (primary N) is 1. The van der Waals surface area contributed by atoms with E-state index in [4.69, 9.17) is 24.9 Å². The van der Waals surface area contributed by atoms with Crippen LogP contribution >= 0.6 is 15.9 Å². The number of aromatic nitrogens is 4. The number of carbonyl (C=O) groups excluding carboxylic acids is 1. The van der Waals surface area contributed by atoms with Crippen molar-refractivity contribution in [3.63, 3.8) is 0 Å². The molecule has 0 aliphatic carbocycles. The highest BCUT2D eigenvalue weighted by Crippen LogP contribution is 2.38. The Morgan fingerprint density at radius 3 is 1.75 bits per heavy atom. The lowest BCUT2D eigenvalue weighted by atomic mass is 9.78. The summed E-state index contributed by atoms with van der Waals surface area (Å²) in [6.07, 6.45) is 2.24. The van der Waals surface area contributed by atoms with Crippen molar-refractivity contribution in [2.24, 2.45) is 5.73 Å². The number of anilines is 2. The van der Waals surface area contributed by atoms with E-state index in [1.165, 1.54) is 0 Å². The van der Waals surface area contributed by atoms with Gasteiger partial charge in [0.25, 0.3) is 0 Å². The molecule has 1 aliphatic heterocycles. The first-order valence-corrected chi connectivity index (χ1v) is 24.8. The number of nitrogens with zero attached hydrogens (tertiary/aromatic N) is 5. The summed E-state index contributed by atoms with van der Waals surface area (Å²) in [5, 5.41) is 41.7. The van der Waals surface area contributed by atoms with Gasteiger partial charge in [0.2, 0.25) is 11.8 Å². The number of ether oxygens (including phenoxy) is 1. The minimum Gasteiger partial charge on any atom is -0.399 e. The molecule has 0 spiro atoms. The van der Waals surface area contributed by atoms with Crippen molar-refractivity contribution >= 4 is 73.7 Å². The van der Waals surface area contributed by atoms with Crippen LogP contribution in [0.2, 0.25) is 0 Å². The molecule has 1 aliphatic rings. The standard InChI is InChI=1S/C26H19N5O2.C24H26BN3O2.C8H7BrN2O2.CH4/c1-16(17-6-3-2-4-7-17)29-24-21(14-27)15-28-23-11-10-19(13-22(23)24)18-8-5-9-20(12-18)25-30-31-26(32)33-25;1-16(17-9-7-6-8-10-17)28-22-18(14-26)15-27-21-12-11-19(13-20(21)22)25-29-23(2,3)24(4,5)30-25;9-6-3-1-2-5(4-6)7(10)13-8(11)12;/h2-13,15-16H,1H3,(H,28,29)(H,31,32);6-13,15-16H,1-5H3,(H,27,28);1-4,10H,(H2,11,12);1H4. The van der Waals surface area contributed by atoms with E-state index in [0.717, 1.165) is 65.4 Å². The van der Waals surface area contributed by atoms with Crippen LogP contribution in [0.1, 0.15) is 88.9 Å². The molecule has 9 aromatic rings. The number of nitriles is 2. The molecule has 2 unspecified atom stereocenters. The van der Waals surface area contributed by atoms with Crippen LogP contribution in [-0.2, 0) is 14.0 Å². The molecule has 0 saturated carbocycles. The smallest absolute Gasteiger partial charge is 0.399 e. The van der Waals surface area contributed by atoms with Crippen molar-refractivity contribution < 1.29 is 23.3 Å². The van der Waals surface area contributed by atoms with E-state index in [9.17, 15) is 20.1 Å². The molecule has 1 fully saturated rings. The molecular weight excluding hydrogens is 1040 g/mol. The predicted octanol–water partition coefficient (Wildman–Crippen LogP) is 12.4. The fourth-order valence-corrected chi connectivity index (χ4v) is 8.65. The van der Waals surface area contributed by atoms with E-state index >= 15 is 0 Å². The van der Waals surface area contributed by atoms with Crippen molar-refractivity contribution in [2.75, 3.05) is 10.6 Å². The number of hydrogen-bond acceptors (Lipinski definition) is 14. The summed E-state index contributed by atoms with van der Waals surface area (Å²) in [6.45, 7) is 12.3. The zero-order chi connectivity index (χ0) is 54.1. The highest BCUT2D eigenvalue weighted by atomic mass is 79.9. The molecule has 6 N–H and O–H groups in total. The van der Waals surface area contributed by atoms with Crippen molar-refractivity contribution in [3.05, 3.63) is 201 Å². The molecular formula is C59H56BBrN10O6. The number of halogens is 1. The number of rotatable bonds is 10. The number of primary amides is 1. The Hall–Kier alpha value is -8.94. The van der Waals surface area contributed by atoms with E-state index in [1.807, 2.05) is 125 Å². The van der Waals surface area contributed by atoms with Gasteiger partial charge in [-0.1, -0.05) is 120 Å². The van der Waals surface area contributed by atoms with Gasteiger partial charge >= 0.3 is 19.0 Å². The second kappa shape index (κ2) is 24.2. The van der Waals surface area contributed by atoms with Crippen LogP contribution in [0.5, 0.6) is 0 Å². The summed E-state index contributed by atoms with van der Waals surface area (Å²) in [7, 11) is -0.468. The lowest BCUT2D eigenvalue weighted by Crippen LogP contribution is -2.41. The molecule has 0 radical (unpaired) electrons. The third-order valence-electron chi connectivity index (χ3n) is 13.0. The number of aromatic amines is 1. The van der Waals surface area contributed by atoms with Crippen LogP contribution in [0.25, 0.3) is 44.4 Å². The Bertz CT molecular complexity index is 3710. The highest BCUT2D eigenvalue weighted by Gasteiger charge is 2.51. The summed E-state index contributed by atoms with van der Waals surface area (Å²) in [5.41, 5.74) is 14.3. The molecule has 18 heteroatoms. The van der Waals surface area contributed by atoms with E-state index in [1.54, 1.807) is 36.7 Å². The fraction of sp³-hybridized carbons (Fsp3) is 0.186. The van der Waals surface area contributed by atoms with Crippen LogP contribution in [0, 0.1) is 28.1 Å². The Kier molecular flexibility index (Phi) is 17.5. The van der Waals surface area contributed by atoms with E-state index < -0.39 is 30.2 Å². The first kappa shape index (κ1) is 55.8. The second-order valence-electron chi connectivity index (χ2n) is 18.7. The molecule has 1 saturated heterocycles. The summed E-state index contributed by atoms with van der Waals surface area (Å²) in [4.78, 5) is 30.6. The summed E-state index contributed by atoms with van der Waals surface area (Å²) in [6, 6.07) is 51.1. The van der Waals surface area contributed by atoms with Gasteiger partial charge in [0, 0.05) is 50.8 Å². The van der Waals surface area contributed by atoms with Crippen molar-refractivity contribution in [3.8, 4) is 34.7 Å². The normalized spacial score (nSPS) is 13.7. The summed E-state index contributed by atoms with van der Waals surface area (Å²) < 4.78 is 22.7. The zero-order valence-corrected chi connectivity index (χ0v) is 44.0. The Balaban J connectivity index is 0.000000181. The van der Waals surface area contributed by atoms with Crippen LogP contribution in [-0.4, -0.2) is 50.5 Å². The van der Waals surface area contributed by atoms with Crippen LogP contribution < -0.4 is 27.6 Å². The van der Waals surface area contributed by atoms with Crippen molar-refractivity contribution in [1.82, 2.24) is 20.2 Å². The molecule has 16 nitrogen and oxygen atoms in total. The number of nitrogens with one attached hydrogen (secondary N) is 4. The molecule has 2 atom stereocenters. The Morgan fingerprint density at radius 1 is 0.714 bits per heavy atom. The topological polar surface area (TPSA) is 251 Å². The monoisotopic (exact) mass is 1090 g/mol. The van der Waals surface area contributed by atoms with E-state index in [0.29, 0.717) is 22.3 Å². The number of carbonyl (C=O) groups is 1. The summed E-state index contributed by atoms with van der Waals surface area (Å²) >= 11 is 3.23. The third-order valence-corrected chi connectivity index (χ3v) is 13.5. The SMILES string of the molecule is C.CC(Nc1c(C#N)cnc2ccc(-c3cccc(-c4n[nH]c(=O)o4)c3)cc12)c1ccccc1.CC(Nc1c(C#N)cnc2ccc(B3OC(C)(C)C(C)(C)O3)cc12)c1ccccc1.N=C(OC(N)=O)c1cccc(Br)c1. The molecule has 388 valence electrons. The number of amides is 1. The molecule has 10 rings (SSSR count). The minimum atomic E-state index is -0.982. The number of fused-ring (bicyclic) bond motifs is 2. The van der Waals surface area contributed by atoms with Gasteiger partial charge in [-0.25, -0.2) is 14.7 Å². The average Bonchev–Trinajstić information content (AvgIpc) is 4.05. The van der Waals surface area contributed by atoms with Gasteiger partial charge in [0.1, 0.15) is 12.1 Å². The maximum absolute atomic E-state index is 11.3. The van der Waals surface area contributed by atoms with Crippen LogP contribution in [0.3, 0.4) is 0 Å². The van der Waals surface area contributed by atoms with Crippen molar-refractivity contribution in [1.29, 1.82) is 15.9 Å². The fourth-order valence-electron chi connectivity index (χ4n) is 8.25. The van der Waals surface area contributed by atoms with Gasteiger partial charge < -0.3 is 34.8 Å². The minimum absolute atomic E-state index is 0. The quantitative estimate of drug-likeness (QED) is 0.0486. The zero-order valence-electron chi connectivity index (χ0n) is 42.4. The number of H-pyrrole nitrogens is 1.